The van der Waals surface area contributed by atoms with Gasteiger partial charge < -0.3 is 33.7 Å². The summed E-state index contributed by atoms with van der Waals surface area (Å²) in [7, 11) is 6.28. The van der Waals surface area contributed by atoms with Crippen LogP contribution < -0.4 is 24.3 Å². The molecule has 4 rings (SSSR count). The normalized spacial score (nSPS) is 18.5. The lowest BCUT2D eigenvalue weighted by atomic mass is 9.71. The summed E-state index contributed by atoms with van der Waals surface area (Å²) < 4.78 is 33.6. The predicted octanol–water partition coefficient (Wildman–Crippen LogP) is 5.42. The molecule has 0 amide bonds. The van der Waals surface area contributed by atoms with Crippen LogP contribution in [0.15, 0.2) is 57.3 Å². The van der Waals surface area contributed by atoms with E-state index in [1.165, 1.54) is 0 Å². The monoisotopic (exact) mass is 629 g/mol. The average molecular weight is 631 g/mol. The predicted molar refractivity (Wildman–Crippen MR) is 157 cm³/mol. The molecule has 0 saturated heterocycles. The van der Waals surface area contributed by atoms with Gasteiger partial charge in [0.25, 0.3) is 0 Å². The zero-order chi connectivity index (χ0) is 29.7. The van der Waals surface area contributed by atoms with Crippen molar-refractivity contribution in [3.05, 3.63) is 68.5 Å². The van der Waals surface area contributed by atoms with E-state index in [2.05, 4.69) is 21.2 Å². The highest BCUT2D eigenvalue weighted by Gasteiger charge is 2.42. The molecular formula is C31H36BrNO8. The minimum absolute atomic E-state index is 0.0541. The number of dihydropyridines is 1. The van der Waals surface area contributed by atoms with E-state index < -0.39 is 11.9 Å². The number of hydrogen-bond donors (Lipinski definition) is 1. The second-order valence-electron chi connectivity index (χ2n) is 9.70. The molecule has 0 bridgehead atoms. The maximum absolute atomic E-state index is 14.0. The lowest BCUT2D eigenvalue weighted by molar-refractivity contribution is -0.140. The zero-order valence-corrected chi connectivity index (χ0v) is 25.8. The highest BCUT2D eigenvalue weighted by molar-refractivity contribution is 9.10. The smallest absolute Gasteiger partial charge is 0.336 e. The Bertz CT molecular complexity index is 1380. The fraction of sp³-hybridized carbons (Fsp3) is 0.419. The van der Waals surface area contributed by atoms with Crippen molar-refractivity contribution in [2.45, 2.75) is 38.5 Å². The van der Waals surface area contributed by atoms with Crippen molar-refractivity contribution >= 4 is 27.7 Å². The van der Waals surface area contributed by atoms with Crippen LogP contribution in [0, 0.1) is 0 Å². The molecule has 41 heavy (non-hydrogen) atoms. The molecule has 2 aromatic carbocycles. The zero-order valence-electron chi connectivity index (χ0n) is 24.2. The molecule has 1 aliphatic heterocycles. The number of ketones is 1. The summed E-state index contributed by atoms with van der Waals surface area (Å²) in [6, 6.07) is 9.38. The van der Waals surface area contributed by atoms with Crippen molar-refractivity contribution in [3.8, 4) is 23.0 Å². The first-order valence-corrected chi connectivity index (χ1v) is 14.2. The van der Waals surface area contributed by atoms with Crippen molar-refractivity contribution in [2.24, 2.45) is 0 Å². The van der Waals surface area contributed by atoms with Crippen LogP contribution in [0.4, 0.5) is 0 Å². The van der Waals surface area contributed by atoms with Crippen molar-refractivity contribution in [1.29, 1.82) is 0 Å². The van der Waals surface area contributed by atoms with Crippen LogP contribution in [-0.4, -0.2) is 60.0 Å². The third-order valence-corrected chi connectivity index (χ3v) is 7.97. The largest absolute Gasteiger partial charge is 0.493 e. The number of esters is 1. The summed E-state index contributed by atoms with van der Waals surface area (Å²) in [6.07, 6.45) is 0.845. The Balaban J connectivity index is 1.79. The summed E-state index contributed by atoms with van der Waals surface area (Å²) in [4.78, 5) is 27.5. The second kappa shape index (κ2) is 13.4. The van der Waals surface area contributed by atoms with E-state index in [1.807, 2.05) is 38.1 Å². The van der Waals surface area contributed by atoms with Gasteiger partial charge in [0.05, 0.1) is 45.1 Å². The highest BCUT2D eigenvalue weighted by Crippen LogP contribution is 2.49. The molecule has 2 aromatic rings. The third kappa shape index (κ3) is 6.23. The number of Topliss-reactive ketones (excluding diaryl/α,β-unsaturated/α-hetero) is 1. The van der Waals surface area contributed by atoms with E-state index in [1.54, 1.807) is 34.5 Å². The molecule has 0 spiro atoms. The number of carbonyl (C=O) groups is 2. The Labute approximate surface area is 248 Å². The number of halogens is 1. The summed E-state index contributed by atoms with van der Waals surface area (Å²) in [5, 5.41) is 3.38. The molecule has 0 saturated carbocycles. The molecule has 2 aliphatic rings. The Kier molecular flexibility index (Phi) is 9.99. The lowest BCUT2D eigenvalue weighted by Gasteiger charge is -2.37. The summed E-state index contributed by atoms with van der Waals surface area (Å²) >= 11 is 3.57. The molecule has 9 nitrogen and oxygen atoms in total. The van der Waals surface area contributed by atoms with Gasteiger partial charge >= 0.3 is 5.97 Å². The Hall–Kier alpha value is -3.50. The molecule has 1 N–H and O–H groups in total. The average Bonchev–Trinajstić information content (AvgIpc) is 2.97. The van der Waals surface area contributed by atoms with Gasteiger partial charge in [-0.1, -0.05) is 6.07 Å². The van der Waals surface area contributed by atoms with Crippen molar-refractivity contribution in [3.63, 3.8) is 0 Å². The van der Waals surface area contributed by atoms with Gasteiger partial charge in [0.1, 0.15) is 6.61 Å². The first kappa shape index (κ1) is 30.5. The number of ether oxygens (including phenoxy) is 6. The maximum Gasteiger partial charge on any atom is 0.336 e. The van der Waals surface area contributed by atoms with E-state index in [9.17, 15) is 9.59 Å². The number of allylic oxidation sites excluding steroid dienone is 3. The minimum atomic E-state index is -0.666. The first-order chi connectivity index (χ1) is 19.8. The van der Waals surface area contributed by atoms with Crippen molar-refractivity contribution in [2.75, 3.05) is 48.3 Å². The van der Waals surface area contributed by atoms with Gasteiger partial charge in [-0.3, -0.25) is 4.79 Å². The van der Waals surface area contributed by atoms with Gasteiger partial charge in [-0.05, 0) is 77.5 Å². The number of benzene rings is 2. The Morgan fingerprint density at radius 3 is 2.29 bits per heavy atom. The third-order valence-electron chi connectivity index (χ3n) is 7.38. The fourth-order valence-corrected chi connectivity index (χ4v) is 6.13. The number of rotatable bonds is 11. The maximum atomic E-state index is 14.0. The molecule has 220 valence electrons. The van der Waals surface area contributed by atoms with E-state index in [-0.39, 0.29) is 31.3 Å². The van der Waals surface area contributed by atoms with Gasteiger partial charge in [-0.2, -0.15) is 0 Å². The van der Waals surface area contributed by atoms with Crippen LogP contribution in [0.2, 0.25) is 0 Å². The first-order valence-electron chi connectivity index (χ1n) is 13.4. The molecule has 0 radical (unpaired) electrons. The van der Waals surface area contributed by atoms with Gasteiger partial charge in [-0.25, -0.2) is 4.79 Å². The topological polar surface area (TPSA) is 102 Å². The quantitative estimate of drug-likeness (QED) is 0.258. The second-order valence-corrected chi connectivity index (χ2v) is 10.6. The molecule has 2 atom stereocenters. The highest BCUT2D eigenvalue weighted by atomic mass is 79.9. The number of nitrogens with one attached hydrogen (secondary N) is 1. The van der Waals surface area contributed by atoms with Crippen LogP contribution in [0.1, 0.15) is 49.7 Å². The number of carbonyl (C=O) groups excluding carboxylic acids is 2. The number of methoxy groups -OCH3 is 4. The fourth-order valence-electron chi connectivity index (χ4n) is 5.51. The Morgan fingerprint density at radius 1 is 0.927 bits per heavy atom. The molecule has 10 heteroatoms. The molecule has 1 heterocycles. The van der Waals surface area contributed by atoms with Crippen LogP contribution in [0.5, 0.6) is 23.0 Å². The van der Waals surface area contributed by atoms with E-state index >= 15 is 0 Å². The summed E-state index contributed by atoms with van der Waals surface area (Å²) in [5.41, 5.74) is 4.00. The van der Waals surface area contributed by atoms with Crippen molar-refractivity contribution in [1.82, 2.24) is 5.32 Å². The summed E-state index contributed by atoms with van der Waals surface area (Å²) in [6.45, 7) is 4.62. The molecule has 0 fully saturated rings. The molecular weight excluding hydrogens is 594 g/mol. The van der Waals surface area contributed by atoms with Gasteiger partial charge in [0.15, 0.2) is 28.8 Å². The van der Waals surface area contributed by atoms with Gasteiger partial charge in [0.2, 0.25) is 0 Å². The van der Waals surface area contributed by atoms with Gasteiger partial charge in [-0.15, -0.1) is 0 Å². The molecule has 2 unspecified atom stereocenters. The molecule has 0 aromatic heterocycles. The van der Waals surface area contributed by atoms with Gasteiger partial charge in [0, 0.05) is 35.9 Å². The van der Waals surface area contributed by atoms with E-state index in [0.717, 1.165) is 11.3 Å². The molecule has 1 aliphatic carbocycles. The Morgan fingerprint density at radius 2 is 1.63 bits per heavy atom. The van der Waals surface area contributed by atoms with Crippen LogP contribution in [0.25, 0.3) is 0 Å². The van der Waals surface area contributed by atoms with Crippen LogP contribution in [-0.2, 0) is 19.1 Å². The van der Waals surface area contributed by atoms with E-state index in [0.29, 0.717) is 62.9 Å². The number of hydrogen-bond acceptors (Lipinski definition) is 9. The minimum Gasteiger partial charge on any atom is -0.493 e. The summed E-state index contributed by atoms with van der Waals surface area (Å²) in [5.74, 6) is 0.915. The van der Waals surface area contributed by atoms with E-state index in [4.69, 9.17) is 28.4 Å². The van der Waals surface area contributed by atoms with Crippen LogP contribution >= 0.6 is 15.9 Å². The lowest BCUT2D eigenvalue weighted by Crippen LogP contribution is -2.36. The van der Waals surface area contributed by atoms with Crippen molar-refractivity contribution < 1.29 is 38.0 Å². The standard InChI is InChI=1S/C31H36BrNO8/c1-7-40-10-11-41-31(35)27-17(2)33-22-13-19(18-8-9-24(36-3)25(15-18)37-4)14-23(34)29(22)28(27)20-12-21(32)30(39-6)26(16-20)38-5/h8-9,12,15-16,19,28,33H,7,10-11,13-14H2,1-6H3. The van der Waals surface area contributed by atoms with Crippen LogP contribution in [0.3, 0.4) is 0 Å². The SMILES string of the molecule is CCOCCOC(=O)C1=C(C)NC2=C(C(=O)CC(c3ccc(OC)c(OC)c3)C2)C1c1cc(Br)c(OC)c(OC)c1.